The van der Waals surface area contributed by atoms with E-state index in [0.29, 0.717) is 11.6 Å². The normalized spacial score (nSPS) is 15.8. The van der Waals surface area contributed by atoms with Crippen LogP contribution in [0.1, 0.15) is 57.4 Å². The van der Waals surface area contributed by atoms with Crippen LogP contribution in [0, 0.1) is 13.8 Å². The van der Waals surface area contributed by atoms with Crippen molar-refractivity contribution in [3.63, 3.8) is 0 Å². The van der Waals surface area contributed by atoms with Gasteiger partial charge < -0.3 is 9.84 Å². The van der Waals surface area contributed by atoms with Crippen molar-refractivity contribution in [3.05, 3.63) is 58.1 Å². The summed E-state index contributed by atoms with van der Waals surface area (Å²) >= 11 is 1.81. The highest BCUT2D eigenvalue weighted by molar-refractivity contribution is 7.98. The Morgan fingerprint density at radius 2 is 2.07 bits per heavy atom. The van der Waals surface area contributed by atoms with Crippen molar-refractivity contribution >= 4 is 23.5 Å². The van der Waals surface area contributed by atoms with Gasteiger partial charge in [-0.1, -0.05) is 11.2 Å². The number of fused-ring (bicyclic) bond motifs is 1. The number of benzene rings is 1. The lowest BCUT2D eigenvalue weighted by molar-refractivity contribution is 0.101. The Morgan fingerprint density at radius 3 is 2.85 bits per heavy atom. The van der Waals surface area contributed by atoms with Crippen molar-refractivity contribution in [2.45, 2.75) is 44.1 Å². The molecule has 2 aliphatic rings. The van der Waals surface area contributed by atoms with E-state index in [2.05, 4.69) is 36.5 Å². The van der Waals surface area contributed by atoms with E-state index in [-0.39, 0.29) is 5.91 Å². The number of rotatable bonds is 4. The van der Waals surface area contributed by atoms with Gasteiger partial charge in [-0.05, 0) is 49.9 Å². The lowest BCUT2D eigenvalue weighted by atomic mass is 10.1. The van der Waals surface area contributed by atoms with Gasteiger partial charge in [0.15, 0.2) is 5.69 Å². The summed E-state index contributed by atoms with van der Waals surface area (Å²) in [7, 11) is 0. The Kier molecular flexibility index (Phi) is 3.86. The van der Waals surface area contributed by atoms with Crippen LogP contribution in [-0.2, 0) is 11.5 Å². The fraction of sp³-hybridized carbons (Fsp3) is 0.350. The zero-order chi connectivity index (χ0) is 18.5. The summed E-state index contributed by atoms with van der Waals surface area (Å²) < 4.78 is 7.17. The van der Waals surface area contributed by atoms with Crippen molar-refractivity contribution in [1.82, 2.24) is 14.9 Å². The second-order valence-corrected chi connectivity index (χ2v) is 8.28. The first-order valence-corrected chi connectivity index (χ1v) is 10.3. The van der Waals surface area contributed by atoms with Crippen LogP contribution in [0.15, 0.2) is 28.8 Å². The van der Waals surface area contributed by atoms with Crippen LogP contribution in [0.3, 0.4) is 0 Å². The Labute approximate surface area is 161 Å². The zero-order valence-corrected chi connectivity index (χ0v) is 16.1. The second-order valence-electron chi connectivity index (χ2n) is 7.29. The van der Waals surface area contributed by atoms with E-state index in [9.17, 15) is 4.79 Å². The topological polar surface area (TPSA) is 73.0 Å². The summed E-state index contributed by atoms with van der Waals surface area (Å²) in [5.41, 5.74) is 5.83. The molecular weight excluding hydrogens is 360 g/mol. The number of hydrogen-bond donors (Lipinski definition) is 1. The number of aryl methyl sites for hydroxylation is 2. The van der Waals surface area contributed by atoms with Gasteiger partial charge in [0.05, 0.1) is 11.4 Å². The maximum absolute atomic E-state index is 12.8. The highest BCUT2D eigenvalue weighted by Crippen LogP contribution is 2.40. The third-order valence-corrected chi connectivity index (χ3v) is 6.23. The minimum absolute atomic E-state index is 0.254. The van der Waals surface area contributed by atoms with E-state index < -0.39 is 0 Å². The zero-order valence-electron chi connectivity index (χ0n) is 15.3. The number of amides is 1. The summed E-state index contributed by atoms with van der Waals surface area (Å²) in [5.74, 6) is 3.44. The lowest BCUT2D eigenvalue weighted by Gasteiger charge is -2.11. The molecule has 7 heteroatoms. The average molecular weight is 380 g/mol. The highest BCUT2D eigenvalue weighted by atomic mass is 32.2. The molecule has 0 atom stereocenters. The van der Waals surface area contributed by atoms with Crippen LogP contribution >= 0.6 is 11.8 Å². The summed E-state index contributed by atoms with van der Waals surface area (Å²) in [5, 5.41) is 11.8. The molecule has 0 spiro atoms. The summed E-state index contributed by atoms with van der Waals surface area (Å²) in [6.07, 6.45) is 2.22. The fourth-order valence-electron chi connectivity index (χ4n) is 3.31. The number of carbonyl (C=O) groups is 1. The van der Waals surface area contributed by atoms with Crippen LogP contribution < -0.4 is 5.32 Å². The number of nitrogens with zero attached hydrogens (tertiary/aromatic N) is 3. The number of carbonyl (C=O) groups excluding carboxylic acids is 1. The van der Waals surface area contributed by atoms with Crippen molar-refractivity contribution in [3.8, 4) is 5.69 Å². The molecule has 1 fully saturated rings. The molecular formula is C20H20N4O2S. The average Bonchev–Trinajstić information content (AvgIpc) is 3.07. The molecule has 2 aromatic heterocycles. The first-order valence-electron chi connectivity index (χ1n) is 9.14. The van der Waals surface area contributed by atoms with E-state index in [1.807, 2.05) is 22.5 Å². The van der Waals surface area contributed by atoms with E-state index in [4.69, 9.17) is 9.62 Å². The van der Waals surface area contributed by atoms with E-state index in [1.54, 1.807) is 6.07 Å². The van der Waals surface area contributed by atoms with Crippen molar-refractivity contribution in [1.29, 1.82) is 0 Å². The van der Waals surface area contributed by atoms with Gasteiger partial charge in [0, 0.05) is 29.1 Å². The molecule has 6 nitrogen and oxygen atoms in total. The largest absolute Gasteiger partial charge is 0.360 e. The molecule has 138 valence electrons. The van der Waals surface area contributed by atoms with Gasteiger partial charge in [-0.2, -0.15) is 16.9 Å². The summed E-state index contributed by atoms with van der Waals surface area (Å²) in [6.45, 7) is 4.17. The minimum Gasteiger partial charge on any atom is -0.360 e. The third kappa shape index (κ3) is 2.96. The molecule has 1 amide bonds. The van der Waals surface area contributed by atoms with E-state index in [1.165, 1.54) is 11.1 Å². The van der Waals surface area contributed by atoms with Gasteiger partial charge in [0.25, 0.3) is 5.91 Å². The molecule has 0 bridgehead atoms. The van der Waals surface area contributed by atoms with Gasteiger partial charge in [-0.3, -0.25) is 4.79 Å². The molecule has 1 saturated carbocycles. The molecule has 1 aromatic carbocycles. The molecule has 0 radical (unpaired) electrons. The SMILES string of the molecule is Cc1ccc(-n2nc3c(c2NC(=O)c2cc(C4CC4)on2)CSC3)cc1C. The van der Waals surface area contributed by atoms with Crippen LogP contribution in [0.4, 0.5) is 5.82 Å². The Balaban J connectivity index is 1.50. The van der Waals surface area contributed by atoms with Crippen LogP contribution in [-0.4, -0.2) is 20.8 Å². The van der Waals surface area contributed by atoms with Crippen LogP contribution in [0.5, 0.6) is 0 Å². The molecule has 1 aliphatic heterocycles. The predicted molar refractivity (Wildman–Crippen MR) is 104 cm³/mol. The summed E-state index contributed by atoms with van der Waals surface area (Å²) in [6, 6.07) is 7.98. The van der Waals surface area contributed by atoms with Crippen molar-refractivity contribution in [2.75, 3.05) is 5.32 Å². The molecule has 3 aromatic rings. The number of thioether (sulfide) groups is 1. The van der Waals surface area contributed by atoms with Crippen LogP contribution in [0.2, 0.25) is 0 Å². The van der Waals surface area contributed by atoms with E-state index >= 15 is 0 Å². The molecule has 0 unspecified atom stereocenters. The smallest absolute Gasteiger partial charge is 0.279 e. The molecule has 5 rings (SSSR count). The van der Waals surface area contributed by atoms with Gasteiger partial charge in [0.2, 0.25) is 0 Å². The number of nitrogens with one attached hydrogen (secondary N) is 1. The Bertz CT molecular complexity index is 1050. The fourth-order valence-corrected chi connectivity index (χ4v) is 4.35. The molecule has 27 heavy (non-hydrogen) atoms. The second kappa shape index (κ2) is 6.27. The molecule has 0 saturated heterocycles. The lowest BCUT2D eigenvalue weighted by Crippen LogP contribution is -2.16. The standard InChI is InChI=1S/C20H20N4O2S/c1-11-3-6-14(7-12(11)2)24-19(15-9-27-10-17(15)22-24)21-20(25)16-8-18(26-23-16)13-4-5-13/h3,6-8,13H,4-5,9-10H2,1-2H3,(H,21,25). The maximum atomic E-state index is 12.8. The van der Waals surface area contributed by atoms with Crippen LogP contribution in [0.25, 0.3) is 5.69 Å². The van der Waals surface area contributed by atoms with E-state index in [0.717, 1.165) is 52.9 Å². The molecule has 3 heterocycles. The Hall–Kier alpha value is -2.54. The first kappa shape index (κ1) is 16.6. The number of hydrogen-bond acceptors (Lipinski definition) is 5. The first-order chi connectivity index (χ1) is 13.1. The van der Waals surface area contributed by atoms with Crippen molar-refractivity contribution in [2.24, 2.45) is 0 Å². The molecule has 1 aliphatic carbocycles. The van der Waals surface area contributed by atoms with Gasteiger partial charge in [-0.25, -0.2) is 4.68 Å². The maximum Gasteiger partial charge on any atom is 0.279 e. The Morgan fingerprint density at radius 1 is 1.22 bits per heavy atom. The number of anilines is 1. The minimum atomic E-state index is -0.254. The van der Waals surface area contributed by atoms with Gasteiger partial charge >= 0.3 is 0 Å². The summed E-state index contributed by atoms with van der Waals surface area (Å²) in [4.78, 5) is 12.8. The van der Waals surface area contributed by atoms with Gasteiger partial charge in [0.1, 0.15) is 11.6 Å². The molecule has 1 N–H and O–H groups in total. The van der Waals surface area contributed by atoms with Crippen molar-refractivity contribution < 1.29 is 9.32 Å². The third-order valence-electron chi connectivity index (χ3n) is 5.26. The predicted octanol–water partition coefficient (Wildman–Crippen LogP) is 4.35. The van der Waals surface area contributed by atoms with Gasteiger partial charge in [-0.15, -0.1) is 0 Å². The monoisotopic (exact) mass is 380 g/mol. The highest BCUT2D eigenvalue weighted by Gasteiger charge is 2.30. The number of aromatic nitrogens is 3. The quantitative estimate of drug-likeness (QED) is 0.728.